The summed E-state index contributed by atoms with van der Waals surface area (Å²) >= 11 is 0. The highest BCUT2D eigenvalue weighted by atomic mass is 16.5. The molecular formula is C14H20N2O2. The minimum Gasteiger partial charge on any atom is -0.382 e. The predicted octanol–water partition coefficient (Wildman–Crippen LogP) is 1.69. The van der Waals surface area contributed by atoms with Gasteiger partial charge in [0.15, 0.2) is 0 Å². The van der Waals surface area contributed by atoms with Gasteiger partial charge in [0.2, 0.25) is 5.91 Å². The van der Waals surface area contributed by atoms with E-state index < -0.39 is 5.54 Å². The highest BCUT2D eigenvalue weighted by Gasteiger charge is 2.50. The number of amides is 1. The second kappa shape index (κ2) is 4.98. The normalized spacial score (nSPS) is 18.1. The van der Waals surface area contributed by atoms with Crippen molar-refractivity contribution in [3.05, 3.63) is 29.8 Å². The van der Waals surface area contributed by atoms with Crippen LogP contribution in [0, 0.1) is 12.8 Å². The van der Waals surface area contributed by atoms with Gasteiger partial charge in [-0.25, -0.2) is 0 Å². The first-order chi connectivity index (χ1) is 8.60. The summed E-state index contributed by atoms with van der Waals surface area (Å²) in [5.74, 6) is -0.0651. The van der Waals surface area contributed by atoms with Crippen LogP contribution in [0.4, 0.5) is 5.69 Å². The first-order valence-electron chi connectivity index (χ1n) is 6.23. The Kier molecular flexibility index (Phi) is 3.57. The molecule has 2 rings (SSSR count). The van der Waals surface area contributed by atoms with Gasteiger partial charge in [0.25, 0.3) is 0 Å². The molecule has 0 heterocycles. The molecule has 0 radical (unpaired) electrons. The first kappa shape index (κ1) is 12.9. The third-order valence-electron chi connectivity index (χ3n) is 3.59. The first-order valence-corrected chi connectivity index (χ1v) is 6.23. The van der Waals surface area contributed by atoms with Crippen LogP contribution in [-0.2, 0) is 9.53 Å². The van der Waals surface area contributed by atoms with Crippen LogP contribution in [0.1, 0.15) is 18.4 Å². The maximum absolute atomic E-state index is 11.9. The van der Waals surface area contributed by atoms with Gasteiger partial charge >= 0.3 is 0 Å². The molecule has 0 aromatic heterocycles. The molecule has 1 unspecified atom stereocenters. The lowest BCUT2D eigenvalue weighted by molar-refractivity contribution is -0.124. The maximum Gasteiger partial charge on any atom is 0.245 e. The van der Waals surface area contributed by atoms with Gasteiger partial charge < -0.3 is 15.8 Å². The Balaban J connectivity index is 2.30. The molecule has 0 bridgehead atoms. The molecule has 0 aliphatic heterocycles. The van der Waals surface area contributed by atoms with E-state index in [1.807, 2.05) is 31.2 Å². The number of methoxy groups -OCH3 is 1. The Morgan fingerprint density at radius 3 is 2.67 bits per heavy atom. The molecule has 0 spiro atoms. The van der Waals surface area contributed by atoms with E-state index in [0.717, 1.165) is 24.1 Å². The topological polar surface area (TPSA) is 64.3 Å². The highest BCUT2D eigenvalue weighted by molar-refractivity contribution is 5.89. The van der Waals surface area contributed by atoms with Gasteiger partial charge in [-0.05, 0) is 37.3 Å². The number of aryl methyl sites for hydroxylation is 1. The van der Waals surface area contributed by atoms with E-state index in [9.17, 15) is 4.79 Å². The van der Waals surface area contributed by atoms with Gasteiger partial charge in [0.1, 0.15) is 5.54 Å². The monoisotopic (exact) mass is 248 g/mol. The van der Waals surface area contributed by atoms with E-state index in [-0.39, 0.29) is 11.8 Å². The van der Waals surface area contributed by atoms with Crippen molar-refractivity contribution in [2.24, 2.45) is 11.7 Å². The van der Waals surface area contributed by atoms with E-state index in [0.29, 0.717) is 6.61 Å². The number of rotatable bonds is 6. The van der Waals surface area contributed by atoms with Crippen LogP contribution in [0.2, 0.25) is 0 Å². The Hall–Kier alpha value is -1.55. The van der Waals surface area contributed by atoms with Crippen molar-refractivity contribution in [2.45, 2.75) is 25.3 Å². The van der Waals surface area contributed by atoms with Gasteiger partial charge in [0, 0.05) is 12.8 Å². The van der Waals surface area contributed by atoms with Crippen molar-refractivity contribution in [1.82, 2.24) is 0 Å². The third kappa shape index (κ3) is 2.34. The number of para-hydroxylation sites is 1. The summed E-state index contributed by atoms with van der Waals surface area (Å²) in [5, 5.41) is 3.32. The predicted molar refractivity (Wildman–Crippen MR) is 71.3 cm³/mol. The summed E-state index contributed by atoms with van der Waals surface area (Å²) in [6.07, 6.45) is 2.04. The lowest BCUT2D eigenvalue weighted by Gasteiger charge is -2.32. The molecule has 1 aromatic carbocycles. The summed E-state index contributed by atoms with van der Waals surface area (Å²) < 4.78 is 5.22. The van der Waals surface area contributed by atoms with Crippen LogP contribution in [0.25, 0.3) is 0 Å². The second-order valence-electron chi connectivity index (χ2n) is 4.98. The highest BCUT2D eigenvalue weighted by Crippen LogP contribution is 2.42. The van der Waals surface area contributed by atoms with Gasteiger partial charge in [-0.2, -0.15) is 0 Å². The average molecular weight is 248 g/mol. The number of hydrogen-bond acceptors (Lipinski definition) is 3. The van der Waals surface area contributed by atoms with Crippen LogP contribution in [0.5, 0.6) is 0 Å². The fourth-order valence-corrected chi connectivity index (χ4v) is 2.35. The molecule has 0 saturated heterocycles. The molecule has 4 heteroatoms. The number of anilines is 1. The molecule has 1 amide bonds. The van der Waals surface area contributed by atoms with Gasteiger partial charge in [-0.15, -0.1) is 0 Å². The van der Waals surface area contributed by atoms with Crippen molar-refractivity contribution in [1.29, 1.82) is 0 Å². The fraction of sp³-hybridized carbons (Fsp3) is 0.500. The molecule has 1 atom stereocenters. The Labute approximate surface area is 108 Å². The quantitative estimate of drug-likeness (QED) is 0.805. The molecule has 18 heavy (non-hydrogen) atoms. The van der Waals surface area contributed by atoms with Crippen molar-refractivity contribution < 1.29 is 9.53 Å². The standard InChI is InChI=1S/C14H20N2O2/c1-10-5-3-4-6-12(10)16-14(9-18-2,13(15)17)11-7-8-11/h3-6,11,16H,7-9H2,1-2H3,(H2,15,17). The summed E-state index contributed by atoms with van der Waals surface area (Å²) in [5.41, 5.74) is 6.88. The molecule has 1 aliphatic rings. The van der Waals surface area contributed by atoms with E-state index >= 15 is 0 Å². The number of hydrogen-bond donors (Lipinski definition) is 2. The molecule has 3 N–H and O–H groups in total. The van der Waals surface area contributed by atoms with Gasteiger partial charge in [-0.3, -0.25) is 4.79 Å². The molecule has 1 saturated carbocycles. The average Bonchev–Trinajstić information content (AvgIpc) is 3.15. The number of nitrogens with one attached hydrogen (secondary N) is 1. The molecule has 98 valence electrons. The van der Waals surface area contributed by atoms with Crippen LogP contribution >= 0.6 is 0 Å². The van der Waals surface area contributed by atoms with Crippen LogP contribution < -0.4 is 11.1 Å². The van der Waals surface area contributed by atoms with E-state index in [1.54, 1.807) is 7.11 Å². The summed E-state index contributed by atoms with van der Waals surface area (Å²) in [6, 6.07) is 7.89. The zero-order valence-electron chi connectivity index (χ0n) is 10.9. The Morgan fingerprint density at radius 2 is 2.17 bits per heavy atom. The Morgan fingerprint density at radius 1 is 1.50 bits per heavy atom. The molecule has 1 aliphatic carbocycles. The maximum atomic E-state index is 11.9. The Bertz CT molecular complexity index is 443. The van der Waals surface area contributed by atoms with Crippen LogP contribution in [0.3, 0.4) is 0 Å². The lowest BCUT2D eigenvalue weighted by Crippen LogP contribution is -2.56. The van der Waals surface area contributed by atoms with Crippen molar-refractivity contribution >= 4 is 11.6 Å². The smallest absolute Gasteiger partial charge is 0.245 e. The summed E-state index contributed by atoms with van der Waals surface area (Å²) in [4.78, 5) is 11.9. The number of benzene rings is 1. The van der Waals surface area contributed by atoms with E-state index in [4.69, 9.17) is 10.5 Å². The van der Waals surface area contributed by atoms with Gasteiger partial charge in [-0.1, -0.05) is 18.2 Å². The minimum atomic E-state index is -0.777. The van der Waals surface area contributed by atoms with Crippen molar-refractivity contribution in [3.8, 4) is 0 Å². The van der Waals surface area contributed by atoms with Crippen molar-refractivity contribution in [3.63, 3.8) is 0 Å². The van der Waals surface area contributed by atoms with Gasteiger partial charge in [0.05, 0.1) is 6.61 Å². The van der Waals surface area contributed by atoms with Crippen molar-refractivity contribution in [2.75, 3.05) is 19.0 Å². The number of nitrogens with two attached hydrogens (primary N) is 1. The number of primary amides is 1. The molecular weight excluding hydrogens is 228 g/mol. The van der Waals surface area contributed by atoms with E-state index in [1.165, 1.54) is 0 Å². The number of ether oxygens (including phenoxy) is 1. The summed E-state index contributed by atoms with van der Waals surface area (Å²) in [6.45, 7) is 2.31. The zero-order chi connectivity index (χ0) is 13.2. The molecule has 1 fully saturated rings. The van der Waals surface area contributed by atoms with Crippen LogP contribution in [0.15, 0.2) is 24.3 Å². The van der Waals surface area contributed by atoms with Crippen LogP contribution in [-0.4, -0.2) is 25.2 Å². The lowest BCUT2D eigenvalue weighted by atomic mass is 9.92. The van der Waals surface area contributed by atoms with E-state index in [2.05, 4.69) is 5.32 Å². The summed E-state index contributed by atoms with van der Waals surface area (Å²) in [7, 11) is 1.60. The molecule has 1 aromatic rings. The number of carbonyl (C=O) groups is 1. The number of carbonyl (C=O) groups excluding carboxylic acids is 1. The zero-order valence-corrected chi connectivity index (χ0v) is 10.9. The molecule has 4 nitrogen and oxygen atoms in total. The minimum absolute atomic E-state index is 0.273. The fourth-order valence-electron chi connectivity index (χ4n) is 2.35. The second-order valence-corrected chi connectivity index (χ2v) is 4.98. The third-order valence-corrected chi connectivity index (χ3v) is 3.59. The SMILES string of the molecule is COCC(Nc1ccccc1C)(C(N)=O)C1CC1. The largest absolute Gasteiger partial charge is 0.382 e.